The van der Waals surface area contributed by atoms with Crippen molar-refractivity contribution in [3.05, 3.63) is 0 Å². The van der Waals surface area contributed by atoms with Gasteiger partial charge < -0.3 is 10.2 Å². The first kappa shape index (κ1) is 9.03. The summed E-state index contributed by atoms with van der Waals surface area (Å²) in [6.07, 6.45) is 0.458. The normalized spacial score (nSPS) is 32.2. The molecule has 1 saturated carbocycles. The third-order valence-corrected chi connectivity index (χ3v) is 2.57. The number of hydrogen-bond acceptors (Lipinski definition) is 2. The Morgan fingerprint density at radius 3 is 1.92 bits per heavy atom. The molecule has 4 nitrogen and oxygen atoms in total. The fraction of sp³-hybridized carbons (Fsp3) is 0.750. The second-order valence-corrected chi connectivity index (χ2v) is 3.95. The first-order valence-corrected chi connectivity index (χ1v) is 3.82. The molecule has 2 unspecified atom stereocenters. The van der Waals surface area contributed by atoms with Crippen LogP contribution in [0.25, 0.3) is 0 Å². The lowest BCUT2D eigenvalue weighted by atomic mass is 9.55. The summed E-state index contributed by atoms with van der Waals surface area (Å²) in [6, 6.07) is 0. The largest absolute Gasteiger partial charge is 0.481 e. The quantitative estimate of drug-likeness (QED) is 0.646. The molecule has 2 atom stereocenters. The molecule has 1 aliphatic rings. The van der Waals surface area contributed by atoms with Crippen LogP contribution in [0.2, 0.25) is 0 Å². The second kappa shape index (κ2) is 2.47. The van der Waals surface area contributed by atoms with Crippen molar-refractivity contribution < 1.29 is 19.8 Å². The van der Waals surface area contributed by atoms with Crippen LogP contribution in [0.15, 0.2) is 0 Å². The van der Waals surface area contributed by atoms with Crippen molar-refractivity contribution in [2.24, 2.45) is 17.3 Å². The molecule has 1 fully saturated rings. The lowest BCUT2D eigenvalue weighted by Gasteiger charge is -2.46. The van der Waals surface area contributed by atoms with Gasteiger partial charge in [-0.1, -0.05) is 13.8 Å². The molecule has 1 aliphatic carbocycles. The molecule has 12 heavy (non-hydrogen) atoms. The maximum Gasteiger partial charge on any atom is 0.307 e. The molecular formula is C8H12O4. The molecule has 0 spiro atoms. The molecule has 0 bridgehead atoms. The Hall–Kier alpha value is -1.06. The molecule has 0 aromatic heterocycles. The predicted molar refractivity (Wildman–Crippen MR) is 40.6 cm³/mol. The van der Waals surface area contributed by atoms with Crippen molar-refractivity contribution >= 4 is 11.9 Å². The van der Waals surface area contributed by atoms with E-state index in [4.69, 9.17) is 10.2 Å². The van der Waals surface area contributed by atoms with E-state index in [1.165, 1.54) is 0 Å². The highest BCUT2D eigenvalue weighted by atomic mass is 16.4. The van der Waals surface area contributed by atoms with Gasteiger partial charge in [0.05, 0.1) is 11.8 Å². The van der Waals surface area contributed by atoms with Crippen LogP contribution in [0, 0.1) is 17.3 Å². The summed E-state index contributed by atoms with van der Waals surface area (Å²) in [5.41, 5.74) is -0.366. The van der Waals surface area contributed by atoms with Gasteiger partial charge in [-0.25, -0.2) is 0 Å². The van der Waals surface area contributed by atoms with E-state index in [-0.39, 0.29) is 5.41 Å². The van der Waals surface area contributed by atoms with Gasteiger partial charge in [0.15, 0.2) is 0 Å². The van der Waals surface area contributed by atoms with Gasteiger partial charge in [-0.15, -0.1) is 0 Å². The SMILES string of the molecule is CC1(C)CC(C(=O)O)C1C(=O)O. The minimum atomic E-state index is -1.00. The third-order valence-electron chi connectivity index (χ3n) is 2.57. The zero-order chi connectivity index (χ0) is 9.52. The van der Waals surface area contributed by atoms with E-state index in [0.29, 0.717) is 6.42 Å². The van der Waals surface area contributed by atoms with E-state index in [1.54, 1.807) is 13.8 Å². The standard InChI is InChI=1S/C8H12O4/c1-8(2)3-4(6(9)10)5(8)7(11)12/h4-5H,3H2,1-2H3,(H,9,10)(H,11,12). The lowest BCUT2D eigenvalue weighted by Crippen LogP contribution is -2.51. The highest BCUT2D eigenvalue weighted by molar-refractivity contribution is 5.82. The number of carboxylic acids is 2. The van der Waals surface area contributed by atoms with Crippen molar-refractivity contribution in [2.75, 3.05) is 0 Å². The average molecular weight is 172 g/mol. The van der Waals surface area contributed by atoms with Crippen LogP contribution >= 0.6 is 0 Å². The van der Waals surface area contributed by atoms with Gasteiger partial charge in [-0.3, -0.25) is 9.59 Å². The van der Waals surface area contributed by atoms with E-state index >= 15 is 0 Å². The molecule has 0 aromatic carbocycles. The van der Waals surface area contributed by atoms with E-state index < -0.39 is 23.8 Å². The van der Waals surface area contributed by atoms with Gasteiger partial charge in [0.2, 0.25) is 0 Å². The Balaban J connectivity index is 2.76. The molecule has 0 heterocycles. The van der Waals surface area contributed by atoms with Crippen molar-refractivity contribution in [3.63, 3.8) is 0 Å². The van der Waals surface area contributed by atoms with Crippen LogP contribution in [0.1, 0.15) is 20.3 Å². The molecule has 0 saturated heterocycles. The predicted octanol–water partition coefficient (Wildman–Crippen LogP) is 0.818. The topological polar surface area (TPSA) is 74.6 Å². The van der Waals surface area contributed by atoms with Crippen LogP contribution < -0.4 is 0 Å². The van der Waals surface area contributed by atoms with Gasteiger partial charge in [0, 0.05) is 0 Å². The Morgan fingerprint density at radius 1 is 1.25 bits per heavy atom. The van der Waals surface area contributed by atoms with Gasteiger partial charge in [0.25, 0.3) is 0 Å². The maximum absolute atomic E-state index is 10.6. The maximum atomic E-state index is 10.6. The van der Waals surface area contributed by atoms with Gasteiger partial charge in [-0.2, -0.15) is 0 Å². The van der Waals surface area contributed by atoms with E-state index in [2.05, 4.69) is 0 Å². The monoisotopic (exact) mass is 172 g/mol. The number of rotatable bonds is 2. The second-order valence-electron chi connectivity index (χ2n) is 3.95. The average Bonchev–Trinajstić information content (AvgIpc) is 1.81. The minimum absolute atomic E-state index is 0.366. The summed E-state index contributed by atoms with van der Waals surface area (Å²) in [5, 5.41) is 17.3. The zero-order valence-electron chi connectivity index (χ0n) is 7.07. The highest BCUT2D eigenvalue weighted by Crippen LogP contribution is 2.50. The van der Waals surface area contributed by atoms with E-state index in [9.17, 15) is 9.59 Å². The summed E-state index contributed by atoms with van der Waals surface area (Å²) >= 11 is 0. The van der Waals surface area contributed by atoms with Crippen molar-refractivity contribution in [1.82, 2.24) is 0 Å². The molecule has 0 aliphatic heterocycles. The third kappa shape index (κ3) is 1.17. The van der Waals surface area contributed by atoms with Crippen LogP contribution in [-0.2, 0) is 9.59 Å². The van der Waals surface area contributed by atoms with Gasteiger partial charge >= 0.3 is 11.9 Å². The highest BCUT2D eigenvalue weighted by Gasteiger charge is 2.55. The first-order chi connectivity index (χ1) is 5.36. The van der Waals surface area contributed by atoms with Gasteiger partial charge in [-0.05, 0) is 11.8 Å². The van der Waals surface area contributed by atoms with Crippen molar-refractivity contribution in [1.29, 1.82) is 0 Å². The molecule has 1 rings (SSSR count). The first-order valence-electron chi connectivity index (χ1n) is 3.82. The summed E-state index contributed by atoms with van der Waals surface area (Å²) < 4.78 is 0. The minimum Gasteiger partial charge on any atom is -0.481 e. The fourth-order valence-corrected chi connectivity index (χ4v) is 1.93. The van der Waals surface area contributed by atoms with Gasteiger partial charge in [0.1, 0.15) is 0 Å². The van der Waals surface area contributed by atoms with Crippen LogP contribution in [-0.4, -0.2) is 22.2 Å². The Labute approximate surface area is 70.2 Å². The molecule has 2 N–H and O–H groups in total. The van der Waals surface area contributed by atoms with E-state index in [0.717, 1.165) is 0 Å². The summed E-state index contributed by atoms with van der Waals surface area (Å²) in [6.45, 7) is 3.57. The Morgan fingerprint density at radius 2 is 1.75 bits per heavy atom. The summed E-state index contributed by atoms with van der Waals surface area (Å²) in [5.74, 6) is -3.42. The number of carbonyl (C=O) groups is 2. The lowest BCUT2D eigenvalue weighted by molar-refractivity contribution is -0.173. The Kier molecular flexibility index (Phi) is 1.86. The number of hydrogen-bond donors (Lipinski definition) is 2. The Bertz CT molecular complexity index is 231. The summed E-state index contributed by atoms with van der Waals surface area (Å²) in [4.78, 5) is 21.2. The molecule has 0 amide bonds. The number of aliphatic carboxylic acids is 2. The fourth-order valence-electron chi connectivity index (χ4n) is 1.93. The molecule has 68 valence electrons. The van der Waals surface area contributed by atoms with E-state index in [1.807, 2.05) is 0 Å². The van der Waals surface area contributed by atoms with Crippen LogP contribution in [0.4, 0.5) is 0 Å². The van der Waals surface area contributed by atoms with Crippen LogP contribution in [0.3, 0.4) is 0 Å². The molecule has 0 aromatic rings. The van der Waals surface area contributed by atoms with Crippen LogP contribution in [0.5, 0.6) is 0 Å². The zero-order valence-corrected chi connectivity index (χ0v) is 7.07. The van der Waals surface area contributed by atoms with Crippen molar-refractivity contribution in [3.8, 4) is 0 Å². The van der Waals surface area contributed by atoms with Crippen molar-refractivity contribution in [2.45, 2.75) is 20.3 Å². The molecule has 4 heteroatoms. The summed E-state index contributed by atoms with van der Waals surface area (Å²) in [7, 11) is 0. The molecular weight excluding hydrogens is 160 g/mol. The molecule has 0 radical (unpaired) electrons. The number of carboxylic acid groups (broad SMARTS) is 2. The smallest absolute Gasteiger partial charge is 0.307 e.